The summed E-state index contributed by atoms with van der Waals surface area (Å²) in [6.07, 6.45) is 0. The Hall–Kier alpha value is -1.39. The van der Waals surface area contributed by atoms with Gasteiger partial charge < -0.3 is 10.1 Å². The Bertz CT molecular complexity index is 538. The van der Waals surface area contributed by atoms with E-state index in [1.165, 1.54) is 23.6 Å². The van der Waals surface area contributed by atoms with Crippen molar-refractivity contribution in [2.24, 2.45) is 0 Å². The number of benzene rings is 1. The number of rotatable bonds is 4. The second-order valence-corrected chi connectivity index (χ2v) is 5.17. The molecule has 2 aromatic rings. The summed E-state index contributed by atoms with van der Waals surface area (Å²) in [7, 11) is 3.35. The second-order valence-electron chi connectivity index (χ2n) is 4.05. The zero-order chi connectivity index (χ0) is 13.1. The van der Waals surface area contributed by atoms with Crippen molar-refractivity contribution in [3.05, 3.63) is 51.5 Å². The van der Waals surface area contributed by atoms with Crippen molar-refractivity contribution in [1.29, 1.82) is 0 Å². The molecule has 1 aromatic carbocycles. The fourth-order valence-electron chi connectivity index (χ4n) is 2.06. The molecule has 0 bridgehead atoms. The molecule has 2 rings (SSSR count). The molecular weight excluding hydrogens is 249 g/mol. The van der Waals surface area contributed by atoms with Crippen molar-refractivity contribution in [3.8, 4) is 5.75 Å². The molecule has 0 aliphatic rings. The molecule has 1 atom stereocenters. The van der Waals surface area contributed by atoms with Crippen LogP contribution in [0.2, 0.25) is 0 Å². The van der Waals surface area contributed by atoms with Crippen LogP contribution >= 0.6 is 11.3 Å². The first-order chi connectivity index (χ1) is 8.67. The molecule has 0 radical (unpaired) electrons. The van der Waals surface area contributed by atoms with Gasteiger partial charge in [0.15, 0.2) is 11.6 Å². The smallest absolute Gasteiger partial charge is 0.165 e. The molecule has 0 spiro atoms. The third-order valence-electron chi connectivity index (χ3n) is 3.01. The fourth-order valence-corrected chi connectivity index (χ4v) is 2.80. The van der Waals surface area contributed by atoms with E-state index >= 15 is 0 Å². The third kappa shape index (κ3) is 2.40. The van der Waals surface area contributed by atoms with E-state index in [1.807, 2.05) is 13.1 Å². The van der Waals surface area contributed by atoms with Gasteiger partial charge in [-0.25, -0.2) is 4.39 Å². The number of hydrogen-bond acceptors (Lipinski definition) is 3. The van der Waals surface area contributed by atoms with E-state index in [0.717, 1.165) is 5.56 Å². The van der Waals surface area contributed by atoms with Gasteiger partial charge in [0.25, 0.3) is 0 Å². The van der Waals surface area contributed by atoms with Crippen molar-refractivity contribution >= 4 is 11.3 Å². The molecule has 0 aliphatic heterocycles. The average Bonchev–Trinajstić information content (AvgIpc) is 2.77. The minimum atomic E-state index is -0.330. The van der Waals surface area contributed by atoms with Gasteiger partial charge in [-0.3, -0.25) is 0 Å². The molecule has 1 aromatic heterocycles. The molecule has 0 amide bonds. The summed E-state index contributed by atoms with van der Waals surface area (Å²) >= 11 is 1.70. The number of hydrogen-bond donors (Lipinski definition) is 1. The van der Waals surface area contributed by atoms with E-state index in [1.54, 1.807) is 17.4 Å². The molecule has 0 fully saturated rings. The largest absolute Gasteiger partial charge is 0.494 e. The van der Waals surface area contributed by atoms with Crippen molar-refractivity contribution in [2.75, 3.05) is 14.2 Å². The van der Waals surface area contributed by atoms with Crippen LogP contribution in [0.15, 0.2) is 29.6 Å². The van der Waals surface area contributed by atoms with Gasteiger partial charge in [0.2, 0.25) is 0 Å². The molecular formula is C14H16FNOS. The van der Waals surface area contributed by atoms with E-state index in [9.17, 15) is 4.39 Å². The van der Waals surface area contributed by atoms with E-state index in [2.05, 4.69) is 23.7 Å². The van der Waals surface area contributed by atoms with Crippen molar-refractivity contribution in [3.63, 3.8) is 0 Å². The lowest BCUT2D eigenvalue weighted by Crippen LogP contribution is -2.18. The van der Waals surface area contributed by atoms with Gasteiger partial charge in [0, 0.05) is 4.88 Å². The van der Waals surface area contributed by atoms with Gasteiger partial charge in [-0.05, 0) is 48.7 Å². The lowest BCUT2D eigenvalue weighted by molar-refractivity contribution is 0.386. The number of thiophene rings is 1. The van der Waals surface area contributed by atoms with Crippen molar-refractivity contribution < 1.29 is 9.13 Å². The fraction of sp³-hybridized carbons (Fsp3) is 0.286. The summed E-state index contributed by atoms with van der Waals surface area (Å²) in [6.45, 7) is 2.07. The first-order valence-electron chi connectivity index (χ1n) is 5.72. The molecule has 96 valence electrons. The Labute approximate surface area is 110 Å². The van der Waals surface area contributed by atoms with Crippen molar-refractivity contribution in [2.45, 2.75) is 13.0 Å². The SMILES string of the molecule is CNC(c1ccc(OC)c(F)c1)c1ccsc1C. The minimum Gasteiger partial charge on any atom is -0.494 e. The Morgan fingerprint density at radius 3 is 2.61 bits per heavy atom. The maximum Gasteiger partial charge on any atom is 0.165 e. The molecule has 0 aliphatic carbocycles. The zero-order valence-corrected chi connectivity index (χ0v) is 11.5. The predicted octanol–water partition coefficient (Wildman–Crippen LogP) is 3.51. The Balaban J connectivity index is 2.40. The first-order valence-corrected chi connectivity index (χ1v) is 6.60. The Morgan fingerprint density at radius 2 is 2.11 bits per heavy atom. The van der Waals surface area contributed by atoms with Crippen LogP contribution in [0.25, 0.3) is 0 Å². The second kappa shape index (κ2) is 5.50. The summed E-state index contributed by atoms with van der Waals surface area (Å²) in [5, 5.41) is 5.28. The number of nitrogens with one attached hydrogen (secondary N) is 1. The van der Waals surface area contributed by atoms with Crippen LogP contribution in [-0.4, -0.2) is 14.2 Å². The molecule has 2 nitrogen and oxygen atoms in total. The van der Waals surface area contributed by atoms with E-state index < -0.39 is 0 Å². The number of aryl methyl sites for hydroxylation is 1. The van der Waals surface area contributed by atoms with Crippen LogP contribution in [0, 0.1) is 12.7 Å². The lowest BCUT2D eigenvalue weighted by Gasteiger charge is -2.17. The molecule has 1 N–H and O–H groups in total. The number of ether oxygens (including phenoxy) is 1. The zero-order valence-electron chi connectivity index (χ0n) is 10.7. The van der Waals surface area contributed by atoms with Gasteiger partial charge in [0.1, 0.15) is 0 Å². The van der Waals surface area contributed by atoms with Crippen LogP contribution < -0.4 is 10.1 Å². The van der Waals surface area contributed by atoms with E-state index in [4.69, 9.17) is 4.74 Å². The van der Waals surface area contributed by atoms with Gasteiger partial charge in [-0.2, -0.15) is 0 Å². The minimum absolute atomic E-state index is 0.0108. The molecule has 1 unspecified atom stereocenters. The maximum absolute atomic E-state index is 13.7. The summed E-state index contributed by atoms with van der Waals surface area (Å²) in [5.41, 5.74) is 2.09. The summed E-state index contributed by atoms with van der Waals surface area (Å²) in [4.78, 5) is 1.24. The standard InChI is InChI=1S/C14H16FNOS/c1-9-11(6-7-18-9)14(16-2)10-4-5-13(17-3)12(15)8-10/h4-8,14,16H,1-3H3. The Morgan fingerprint density at radius 1 is 1.33 bits per heavy atom. The summed E-state index contributed by atoms with van der Waals surface area (Å²) < 4.78 is 18.7. The highest BCUT2D eigenvalue weighted by Crippen LogP contribution is 2.30. The molecule has 1 heterocycles. The molecule has 0 saturated heterocycles. The number of halogens is 1. The molecule has 4 heteroatoms. The molecule has 18 heavy (non-hydrogen) atoms. The third-order valence-corrected chi connectivity index (χ3v) is 3.87. The van der Waals surface area contributed by atoms with Crippen LogP contribution in [0.5, 0.6) is 5.75 Å². The van der Waals surface area contributed by atoms with Crippen LogP contribution in [0.1, 0.15) is 22.0 Å². The quantitative estimate of drug-likeness (QED) is 0.913. The predicted molar refractivity (Wildman–Crippen MR) is 72.9 cm³/mol. The summed E-state index contributed by atoms with van der Waals surface area (Å²) in [6, 6.07) is 7.16. The monoisotopic (exact) mass is 265 g/mol. The van der Waals surface area contributed by atoms with Gasteiger partial charge in [0.05, 0.1) is 13.2 Å². The highest BCUT2D eigenvalue weighted by atomic mass is 32.1. The van der Waals surface area contributed by atoms with Gasteiger partial charge in [-0.1, -0.05) is 6.07 Å². The van der Waals surface area contributed by atoms with Crippen LogP contribution in [0.4, 0.5) is 4.39 Å². The van der Waals surface area contributed by atoms with E-state index in [0.29, 0.717) is 0 Å². The Kier molecular flexibility index (Phi) is 3.99. The highest BCUT2D eigenvalue weighted by molar-refractivity contribution is 7.10. The average molecular weight is 265 g/mol. The first kappa shape index (κ1) is 13.1. The summed E-state index contributed by atoms with van der Waals surface area (Å²) in [5.74, 6) is -0.0567. The normalized spacial score (nSPS) is 12.4. The number of methoxy groups -OCH3 is 1. The lowest BCUT2D eigenvalue weighted by atomic mass is 9.99. The molecule has 0 saturated carbocycles. The van der Waals surface area contributed by atoms with Crippen LogP contribution in [0.3, 0.4) is 0 Å². The van der Waals surface area contributed by atoms with Crippen LogP contribution in [-0.2, 0) is 0 Å². The highest BCUT2D eigenvalue weighted by Gasteiger charge is 2.16. The topological polar surface area (TPSA) is 21.3 Å². The van der Waals surface area contributed by atoms with Crippen molar-refractivity contribution in [1.82, 2.24) is 5.32 Å². The van der Waals surface area contributed by atoms with Gasteiger partial charge in [-0.15, -0.1) is 11.3 Å². The maximum atomic E-state index is 13.7. The van der Waals surface area contributed by atoms with Gasteiger partial charge >= 0.3 is 0 Å². The van der Waals surface area contributed by atoms with E-state index in [-0.39, 0.29) is 17.6 Å².